The number of nitrogens with one attached hydrogen (secondary N) is 1. The maximum Gasteiger partial charge on any atom is 0.344 e. The Kier molecular flexibility index (Phi) is 7.64. The number of ether oxygens (including phenoxy) is 3. The highest BCUT2D eigenvalue weighted by atomic mass is 16.6. The van der Waals surface area contributed by atoms with E-state index in [2.05, 4.69) is 5.32 Å². The summed E-state index contributed by atoms with van der Waals surface area (Å²) in [5.41, 5.74) is -0.312. The van der Waals surface area contributed by atoms with Gasteiger partial charge in [-0.25, -0.2) is 9.59 Å². The Balaban J connectivity index is 2.51. The van der Waals surface area contributed by atoms with Crippen molar-refractivity contribution in [2.45, 2.75) is 25.8 Å². The van der Waals surface area contributed by atoms with Crippen LogP contribution >= 0.6 is 0 Å². The van der Waals surface area contributed by atoms with E-state index < -0.39 is 17.5 Å². The molecular formula is C22H24N2O6. The van der Waals surface area contributed by atoms with Crippen LogP contribution in [-0.4, -0.2) is 37.4 Å². The largest absolute Gasteiger partial charge is 0.497 e. The standard InChI is InChI=1S/C22H24N2O6/c1-4-22(21(26)27,24-16-8-6-15(13-23)7-9-16)18-12-17(28-3)10-11-19(18)30-14-20(25)29-5-2/h6-12,24H,4-5,14H2,1-3H3,(H,26,27). The first-order valence-corrected chi connectivity index (χ1v) is 9.38. The molecule has 0 aromatic heterocycles. The van der Waals surface area contributed by atoms with E-state index in [1.54, 1.807) is 56.3 Å². The predicted octanol–water partition coefficient (Wildman–Crippen LogP) is 3.31. The van der Waals surface area contributed by atoms with Gasteiger partial charge in [-0.2, -0.15) is 5.26 Å². The number of carboxylic acid groups (broad SMARTS) is 1. The van der Waals surface area contributed by atoms with Crippen LogP contribution in [0.25, 0.3) is 0 Å². The van der Waals surface area contributed by atoms with Crippen molar-refractivity contribution in [3.63, 3.8) is 0 Å². The number of methoxy groups -OCH3 is 1. The Morgan fingerprint density at radius 3 is 2.40 bits per heavy atom. The fourth-order valence-corrected chi connectivity index (χ4v) is 2.98. The molecule has 8 heteroatoms. The van der Waals surface area contributed by atoms with E-state index in [-0.39, 0.29) is 25.4 Å². The SMILES string of the molecule is CCOC(=O)COc1ccc(OC)cc1C(CC)(Nc1ccc(C#N)cc1)C(=O)O. The van der Waals surface area contributed by atoms with Gasteiger partial charge in [-0.1, -0.05) is 6.92 Å². The molecule has 0 heterocycles. The van der Waals surface area contributed by atoms with Crippen molar-refractivity contribution in [2.75, 3.05) is 25.6 Å². The van der Waals surface area contributed by atoms with Gasteiger partial charge >= 0.3 is 11.9 Å². The summed E-state index contributed by atoms with van der Waals surface area (Å²) in [6, 6.07) is 13.2. The Labute approximate surface area is 175 Å². The molecule has 0 fully saturated rings. The molecule has 2 aromatic carbocycles. The van der Waals surface area contributed by atoms with Gasteiger partial charge in [0.1, 0.15) is 11.5 Å². The zero-order valence-corrected chi connectivity index (χ0v) is 17.1. The maximum atomic E-state index is 12.5. The number of nitrogens with zero attached hydrogens (tertiary/aromatic N) is 1. The third-order valence-electron chi connectivity index (χ3n) is 4.56. The van der Waals surface area contributed by atoms with Gasteiger partial charge in [0.15, 0.2) is 12.1 Å². The molecule has 0 aliphatic rings. The fraction of sp³-hybridized carbons (Fsp3) is 0.318. The van der Waals surface area contributed by atoms with Crippen molar-refractivity contribution in [1.29, 1.82) is 5.26 Å². The Bertz CT molecular complexity index is 936. The van der Waals surface area contributed by atoms with Crippen LogP contribution in [0.15, 0.2) is 42.5 Å². The van der Waals surface area contributed by atoms with Crippen LogP contribution in [0.1, 0.15) is 31.4 Å². The molecule has 0 aliphatic heterocycles. The smallest absolute Gasteiger partial charge is 0.344 e. The summed E-state index contributed by atoms with van der Waals surface area (Å²) >= 11 is 0. The quantitative estimate of drug-likeness (QED) is 0.571. The number of hydrogen-bond donors (Lipinski definition) is 2. The topological polar surface area (TPSA) is 118 Å². The number of benzene rings is 2. The summed E-state index contributed by atoms with van der Waals surface area (Å²) in [4.78, 5) is 24.2. The number of carbonyl (C=O) groups is 2. The second-order valence-corrected chi connectivity index (χ2v) is 6.33. The second-order valence-electron chi connectivity index (χ2n) is 6.33. The highest BCUT2D eigenvalue weighted by Crippen LogP contribution is 2.38. The van der Waals surface area contributed by atoms with Crippen molar-refractivity contribution in [1.82, 2.24) is 0 Å². The number of anilines is 1. The molecule has 0 radical (unpaired) electrons. The molecule has 0 aliphatic carbocycles. The van der Waals surface area contributed by atoms with Crippen LogP contribution in [-0.2, 0) is 19.9 Å². The fourth-order valence-electron chi connectivity index (χ4n) is 2.98. The first-order valence-electron chi connectivity index (χ1n) is 9.38. The molecule has 30 heavy (non-hydrogen) atoms. The molecule has 0 saturated heterocycles. The van der Waals surface area contributed by atoms with Crippen LogP contribution in [0.4, 0.5) is 5.69 Å². The lowest BCUT2D eigenvalue weighted by molar-refractivity contribution is -0.145. The Morgan fingerprint density at radius 2 is 1.87 bits per heavy atom. The number of hydrogen-bond acceptors (Lipinski definition) is 7. The lowest BCUT2D eigenvalue weighted by atomic mass is 9.85. The second kappa shape index (κ2) is 10.2. The number of esters is 1. The molecule has 2 rings (SSSR count). The minimum atomic E-state index is -1.58. The molecule has 1 atom stereocenters. The van der Waals surface area contributed by atoms with Crippen molar-refractivity contribution >= 4 is 17.6 Å². The highest BCUT2D eigenvalue weighted by molar-refractivity contribution is 5.86. The number of carbonyl (C=O) groups excluding carboxylic acids is 1. The minimum Gasteiger partial charge on any atom is -0.497 e. The van der Waals surface area contributed by atoms with Crippen molar-refractivity contribution in [3.05, 3.63) is 53.6 Å². The normalized spacial score (nSPS) is 12.2. The first-order chi connectivity index (χ1) is 14.4. The summed E-state index contributed by atoms with van der Waals surface area (Å²) in [5.74, 6) is -1.04. The van der Waals surface area contributed by atoms with Gasteiger partial charge in [-0.05, 0) is 55.8 Å². The van der Waals surface area contributed by atoms with Crippen molar-refractivity contribution in [3.8, 4) is 17.6 Å². The lowest BCUT2D eigenvalue weighted by Crippen LogP contribution is -2.43. The Morgan fingerprint density at radius 1 is 1.17 bits per heavy atom. The monoisotopic (exact) mass is 412 g/mol. The van der Waals surface area contributed by atoms with Crippen LogP contribution < -0.4 is 14.8 Å². The van der Waals surface area contributed by atoms with E-state index in [4.69, 9.17) is 19.5 Å². The molecule has 1 unspecified atom stereocenters. The van der Waals surface area contributed by atoms with E-state index in [1.807, 2.05) is 6.07 Å². The lowest BCUT2D eigenvalue weighted by Gasteiger charge is -2.32. The van der Waals surface area contributed by atoms with Gasteiger partial charge in [-0.3, -0.25) is 0 Å². The zero-order valence-electron chi connectivity index (χ0n) is 17.1. The molecule has 2 N–H and O–H groups in total. The van der Waals surface area contributed by atoms with Crippen LogP contribution in [0.5, 0.6) is 11.5 Å². The van der Waals surface area contributed by atoms with Crippen molar-refractivity contribution in [2.24, 2.45) is 0 Å². The van der Waals surface area contributed by atoms with Crippen LogP contribution in [0, 0.1) is 11.3 Å². The van der Waals surface area contributed by atoms with E-state index in [1.165, 1.54) is 7.11 Å². The van der Waals surface area contributed by atoms with E-state index in [0.29, 0.717) is 22.6 Å². The molecule has 0 amide bonds. The van der Waals surface area contributed by atoms with Crippen LogP contribution in [0.2, 0.25) is 0 Å². The first kappa shape index (κ1) is 22.6. The van der Waals surface area contributed by atoms with Gasteiger partial charge in [0.25, 0.3) is 0 Å². The zero-order chi connectivity index (χ0) is 22.1. The predicted molar refractivity (Wildman–Crippen MR) is 110 cm³/mol. The molecule has 0 bridgehead atoms. The number of aliphatic carboxylic acids is 1. The van der Waals surface area contributed by atoms with Gasteiger partial charge in [-0.15, -0.1) is 0 Å². The summed E-state index contributed by atoms with van der Waals surface area (Å²) < 4.78 is 15.8. The molecule has 0 saturated carbocycles. The van der Waals surface area contributed by atoms with E-state index in [0.717, 1.165) is 0 Å². The third-order valence-corrected chi connectivity index (χ3v) is 4.56. The van der Waals surface area contributed by atoms with E-state index in [9.17, 15) is 14.7 Å². The van der Waals surface area contributed by atoms with Gasteiger partial charge in [0.05, 0.1) is 25.3 Å². The van der Waals surface area contributed by atoms with Gasteiger partial charge in [0.2, 0.25) is 0 Å². The number of nitriles is 1. The number of carboxylic acids is 1. The summed E-state index contributed by atoms with van der Waals surface area (Å²) in [6.45, 7) is 3.26. The van der Waals surface area contributed by atoms with Crippen LogP contribution in [0.3, 0.4) is 0 Å². The molecule has 0 spiro atoms. The maximum absolute atomic E-state index is 12.5. The highest BCUT2D eigenvalue weighted by Gasteiger charge is 2.41. The third kappa shape index (κ3) is 5.00. The van der Waals surface area contributed by atoms with E-state index >= 15 is 0 Å². The van der Waals surface area contributed by atoms with Gasteiger partial charge in [0, 0.05) is 11.3 Å². The average molecular weight is 412 g/mol. The number of rotatable bonds is 10. The molecule has 8 nitrogen and oxygen atoms in total. The molecule has 2 aromatic rings. The molecule has 158 valence electrons. The summed E-state index contributed by atoms with van der Waals surface area (Å²) in [7, 11) is 1.47. The molecular weight excluding hydrogens is 388 g/mol. The minimum absolute atomic E-state index is 0.158. The Hall–Kier alpha value is -3.73. The van der Waals surface area contributed by atoms with Crippen molar-refractivity contribution < 1.29 is 28.9 Å². The van der Waals surface area contributed by atoms with Gasteiger partial charge < -0.3 is 24.6 Å². The average Bonchev–Trinajstić information content (AvgIpc) is 2.76. The summed E-state index contributed by atoms with van der Waals surface area (Å²) in [6.07, 6.45) is 0.158. The summed E-state index contributed by atoms with van der Waals surface area (Å²) in [5, 5.41) is 22.2.